The van der Waals surface area contributed by atoms with Crippen molar-refractivity contribution in [2.24, 2.45) is 0 Å². The Morgan fingerprint density at radius 2 is 2.07 bits per heavy atom. The van der Waals surface area contributed by atoms with Crippen molar-refractivity contribution in [3.8, 4) is 11.3 Å². The van der Waals surface area contributed by atoms with Crippen molar-refractivity contribution in [1.29, 1.82) is 0 Å². The molecule has 1 N–H and O–H groups in total. The van der Waals surface area contributed by atoms with Gasteiger partial charge in [-0.15, -0.1) is 11.3 Å². The van der Waals surface area contributed by atoms with Crippen molar-refractivity contribution in [2.75, 3.05) is 18.4 Å². The molecule has 1 saturated heterocycles. The highest BCUT2D eigenvalue weighted by molar-refractivity contribution is 7.09. The summed E-state index contributed by atoms with van der Waals surface area (Å²) in [5, 5.41) is 6.14. The van der Waals surface area contributed by atoms with Crippen LogP contribution >= 0.6 is 11.3 Å². The Labute approximate surface area is 163 Å². The molecule has 4 rings (SSSR count). The maximum atomic E-state index is 12.6. The minimum absolute atomic E-state index is 0.0319. The quantitative estimate of drug-likeness (QED) is 0.688. The van der Waals surface area contributed by atoms with Crippen LogP contribution in [-0.2, 0) is 4.79 Å². The third-order valence-electron chi connectivity index (χ3n) is 4.96. The number of nitrogens with zero attached hydrogens (tertiary/aromatic N) is 2. The molecule has 3 aromatic rings. The lowest BCUT2D eigenvalue weighted by molar-refractivity contribution is -0.117. The molecule has 2 heterocycles. The van der Waals surface area contributed by atoms with Crippen LogP contribution in [0.4, 0.5) is 5.69 Å². The van der Waals surface area contributed by atoms with Crippen LogP contribution in [0.15, 0.2) is 60.0 Å². The SMILES string of the molecule is Cc1nc(-c2cccc(NC(=O)CN3CCC[C@@H]3c3ccccc3)c2)cs1. The average molecular weight is 378 g/mol. The summed E-state index contributed by atoms with van der Waals surface area (Å²) < 4.78 is 0. The number of nitrogens with one attached hydrogen (secondary N) is 1. The van der Waals surface area contributed by atoms with Gasteiger partial charge >= 0.3 is 0 Å². The maximum Gasteiger partial charge on any atom is 0.238 e. The summed E-state index contributed by atoms with van der Waals surface area (Å²) in [4.78, 5) is 19.4. The third kappa shape index (κ3) is 4.26. The van der Waals surface area contributed by atoms with Gasteiger partial charge < -0.3 is 5.32 Å². The molecule has 0 radical (unpaired) electrons. The second-order valence-corrected chi connectivity index (χ2v) is 7.98. The summed E-state index contributed by atoms with van der Waals surface area (Å²) in [5.41, 5.74) is 4.10. The fraction of sp³-hybridized carbons (Fsp3) is 0.273. The first-order chi connectivity index (χ1) is 13.2. The number of hydrogen-bond donors (Lipinski definition) is 1. The number of amides is 1. The van der Waals surface area contributed by atoms with E-state index in [0.717, 1.165) is 41.3 Å². The Hall–Kier alpha value is -2.50. The molecular weight excluding hydrogens is 354 g/mol. The predicted molar refractivity (Wildman–Crippen MR) is 111 cm³/mol. The predicted octanol–water partition coefficient (Wildman–Crippen LogP) is 4.89. The smallest absolute Gasteiger partial charge is 0.238 e. The molecule has 138 valence electrons. The molecule has 27 heavy (non-hydrogen) atoms. The number of likely N-dealkylation sites (tertiary alicyclic amines) is 1. The van der Waals surface area contributed by atoms with Crippen molar-refractivity contribution in [3.05, 3.63) is 70.5 Å². The van der Waals surface area contributed by atoms with Gasteiger partial charge in [-0.2, -0.15) is 0 Å². The molecule has 1 aliphatic rings. The zero-order valence-corrected chi connectivity index (χ0v) is 16.2. The minimum atomic E-state index is 0.0319. The molecule has 0 aliphatic carbocycles. The van der Waals surface area contributed by atoms with Crippen LogP contribution in [0.3, 0.4) is 0 Å². The van der Waals surface area contributed by atoms with E-state index < -0.39 is 0 Å². The first-order valence-electron chi connectivity index (χ1n) is 9.30. The number of aromatic nitrogens is 1. The van der Waals surface area contributed by atoms with E-state index in [9.17, 15) is 4.79 Å². The largest absolute Gasteiger partial charge is 0.325 e. The van der Waals surface area contributed by atoms with Crippen molar-refractivity contribution in [3.63, 3.8) is 0 Å². The van der Waals surface area contributed by atoms with Gasteiger partial charge in [-0.05, 0) is 44.0 Å². The van der Waals surface area contributed by atoms with Crippen LogP contribution in [0.25, 0.3) is 11.3 Å². The standard InChI is InChI=1S/C22H23N3OS/c1-16-23-20(15-27-16)18-9-5-10-19(13-18)24-22(26)14-25-12-6-11-21(25)17-7-3-2-4-8-17/h2-5,7-10,13,15,21H,6,11-12,14H2,1H3,(H,24,26)/t21-/m1/s1. The minimum Gasteiger partial charge on any atom is -0.325 e. The summed E-state index contributed by atoms with van der Waals surface area (Å²) in [6, 6.07) is 18.7. The molecule has 4 nitrogen and oxygen atoms in total. The second kappa shape index (κ2) is 8.03. The highest BCUT2D eigenvalue weighted by Crippen LogP contribution is 2.31. The second-order valence-electron chi connectivity index (χ2n) is 6.92. The van der Waals surface area contributed by atoms with E-state index in [1.165, 1.54) is 5.56 Å². The molecule has 0 bridgehead atoms. The van der Waals surface area contributed by atoms with E-state index >= 15 is 0 Å². The topological polar surface area (TPSA) is 45.2 Å². The first kappa shape index (κ1) is 17.9. The van der Waals surface area contributed by atoms with Gasteiger partial charge in [-0.3, -0.25) is 9.69 Å². The van der Waals surface area contributed by atoms with E-state index in [2.05, 4.69) is 39.5 Å². The van der Waals surface area contributed by atoms with Crippen LogP contribution in [0, 0.1) is 6.92 Å². The van der Waals surface area contributed by atoms with Crippen LogP contribution in [-0.4, -0.2) is 28.9 Å². The lowest BCUT2D eigenvalue weighted by Crippen LogP contribution is -2.32. The number of anilines is 1. The molecule has 1 aromatic heterocycles. The van der Waals surface area contributed by atoms with Crippen LogP contribution in [0.1, 0.15) is 29.5 Å². The Morgan fingerprint density at radius 3 is 2.85 bits per heavy atom. The fourth-order valence-electron chi connectivity index (χ4n) is 3.71. The molecule has 1 fully saturated rings. The van der Waals surface area contributed by atoms with Crippen LogP contribution in [0.5, 0.6) is 0 Å². The van der Waals surface area contributed by atoms with Gasteiger partial charge in [0.05, 0.1) is 17.2 Å². The highest BCUT2D eigenvalue weighted by Gasteiger charge is 2.27. The van der Waals surface area contributed by atoms with Gasteiger partial charge in [0.1, 0.15) is 0 Å². The molecule has 0 unspecified atom stereocenters. The number of carbonyl (C=O) groups is 1. The van der Waals surface area contributed by atoms with Crippen molar-refractivity contribution >= 4 is 22.9 Å². The highest BCUT2D eigenvalue weighted by atomic mass is 32.1. The zero-order chi connectivity index (χ0) is 18.6. The van der Waals surface area contributed by atoms with Crippen molar-refractivity contribution in [2.45, 2.75) is 25.8 Å². The average Bonchev–Trinajstić information content (AvgIpc) is 3.31. The summed E-state index contributed by atoms with van der Waals surface area (Å²) in [5.74, 6) is 0.0319. The van der Waals surface area contributed by atoms with Gasteiger partial charge in [-0.25, -0.2) is 4.98 Å². The summed E-state index contributed by atoms with van der Waals surface area (Å²) in [7, 11) is 0. The lowest BCUT2D eigenvalue weighted by Gasteiger charge is -2.24. The third-order valence-corrected chi connectivity index (χ3v) is 5.73. The molecule has 5 heteroatoms. The Kier molecular flexibility index (Phi) is 5.32. The number of thiazole rings is 1. The molecule has 1 aliphatic heterocycles. The van der Waals surface area contributed by atoms with Crippen LogP contribution < -0.4 is 5.32 Å². The van der Waals surface area contributed by atoms with Crippen molar-refractivity contribution in [1.82, 2.24) is 9.88 Å². The number of rotatable bonds is 5. The Balaban J connectivity index is 1.42. The normalized spacial score (nSPS) is 17.1. The monoisotopic (exact) mass is 377 g/mol. The van der Waals surface area contributed by atoms with E-state index in [1.807, 2.05) is 42.6 Å². The van der Waals surface area contributed by atoms with Gasteiger partial charge in [0.25, 0.3) is 0 Å². The first-order valence-corrected chi connectivity index (χ1v) is 10.2. The van der Waals surface area contributed by atoms with Gasteiger partial charge in [0.2, 0.25) is 5.91 Å². The number of aryl methyl sites for hydroxylation is 1. The molecule has 1 amide bonds. The maximum absolute atomic E-state index is 12.6. The van der Waals surface area contributed by atoms with Gasteiger partial charge in [0, 0.05) is 22.7 Å². The van der Waals surface area contributed by atoms with E-state index in [-0.39, 0.29) is 5.91 Å². The van der Waals surface area contributed by atoms with Gasteiger partial charge in [0.15, 0.2) is 0 Å². The zero-order valence-electron chi connectivity index (χ0n) is 15.4. The van der Waals surface area contributed by atoms with Crippen LogP contribution in [0.2, 0.25) is 0 Å². The van der Waals surface area contributed by atoms with Crippen molar-refractivity contribution < 1.29 is 4.79 Å². The summed E-state index contributed by atoms with van der Waals surface area (Å²) in [6.07, 6.45) is 2.24. The molecule has 1 atom stereocenters. The summed E-state index contributed by atoms with van der Waals surface area (Å²) >= 11 is 1.63. The molecular formula is C22H23N3OS. The molecule has 2 aromatic carbocycles. The number of hydrogen-bond acceptors (Lipinski definition) is 4. The van der Waals surface area contributed by atoms with E-state index in [4.69, 9.17) is 0 Å². The van der Waals surface area contributed by atoms with E-state index in [1.54, 1.807) is 11.3 Å². The molecule has 0 spiro atoms. The Morgan fingerprint density at radius 1 is 1.22 bits per heavy atom. The summed E-state index contributed by atoms with van der Waals surface area (Å²) in [6.45, 7) is 3.38. The Bertz CT molecular complexity index is 922. The fourth-order valence-corrected chi connectivity index (χ4v) is 4.33. The molecule has 0 saturated carbocycles. The number of carbonyl (C=O) groups excluding carboxylic acids is 1. The van der Waals surface area contributed by atoms with Gasteiger partial charge in [-0.1, -0.05) is 42.5 Å². The lowest BCUT2D eigenvalue weighted by atomic mass is 10.0. The number of benzene rings is 2. The van der Waals surface area contributed by atoms with E-state index in [0.29, 0.717) is 12.6 Å².